The van der Waals surface area contributed by atoms with E-state index in [-0.39, 0.29) is 17.1 Å². The number of halogens is 2. The highest BCUT2D eigenvalue weighted by Gasteiger charge is 2.56. The molecule has 2 heterocycles. The van der Waals surface area contributed by atoms with Crippen molar-refractivity contribution in [3.05, 3.63) is 28.9 Å². The van der Waals surface area contributed by atoms with Crippen molar-refractivity contribution in [2.24, 2.45) is 23.2 Å². The van der Waals surface area contributed by atoms with Crippen molar-refractivity contribution in [1.29, 1.82) is 0 Å². The molecule has 1 amide bonds. The molecule has 3 saturated carbocycles. The Morgan fingerprint density at radius 1 is 1.46 bits per heavy atom. The number of nitrogens with one attached hydrogen (secondary N) is 2. The highest BCUT2D eigenvalue weighted by Crippen LogP contribution is 2.61. The lowest BCUT2D eigenvalue weighted by molar-refractivity contribution is -0.113. The maximum atomic E-state index is 14.0. The quantitative estimate of drug-likeness (QED) is 0.800. The molecule has 0 radical (unpaired) electrons. The lowest BCUT2D eigenvalue weighted by Gasteiger charge is -2.62. The van der Waals surface area contributed by atoms with E-state index in [2.05, 4.69) is 36.1 Å². The summed E-state index contributed by atoms with van der Waals surface area (Å²) in [5, 5.41) is 3.24. The number of H-pyrrole nitrogens is 1. The molecule has 2 N–H and O–H groups in total. The van der Waals surface area contributed by atoms with E-state index in [1.54, 1.807) is 0 Å². The standard InChI is InChI=1S/C18H21ClFN3O/c1-8-11-4-9(18(11,2)3)5-12(8)23-17(24)13-6-10-14(22-13)7-21-16(19)15(10)20/h6-9,11-12,22H,4-5H2,1-3H3,(H,23,24)/t8-,9+,11-,12-/m0/s1. The Bertz CT molecular complexity index is 831. The zero-order chi connectivity index (χ0) is 17.2. The summed E-state index contributed by atoms with van der Waals surface area (Å²) in [7, 11) is 0. The van der Waals surface area contributed by atoms with Gasteiger partial charge in [-0.2, -0.15) is 0 Å². The van der Waals surface area contributed by atoms with Gasteiger partial charge in [-0.15, -0.1) is 0 Å². The predicted octanol–water partition coefficient (Wildman–Crippen LogP) is 4.16. The minimum atomic E-state index is -0.599. The second-order valence-corrected chi connectivity index (χ2v) is 8.27. The van der Waals surface area contributed by atoms with E-state index in [0.29, 0.717) is 39.8 Å². The Balaban J connectivity index is 1.54. The van der Waals surface area contributed by atoms with Gasteiger partial charge < -0.3 is 10.3 Å². The summed E-state index contributed by atoms with van der Waals surface area (Å²) in [5.41, 5.74) is 1.20. The van der Waals surface area contributed by atoms with E-state index in [9.17, 15) is 9.18 Å². The van der Waals surface area contributed by atoms with Gasteiger partial charge in [0.2, 0.25) is 0 Å². The second kappa shape index (κ2) is 5.19. The molecule has 0 unspecified atom stereocenters. The summed E-state index contributed by atoms with van der Waals surface area (Å²) in [4.78, 5) is 19.3. The summed E-state index contributed by atoms with van der Waals surface area (Å²) in [6, 6.07) is 1.68. The number of fused-ring (bicyclic) bond motifs is 3. The maximum absolute atomic E-state index is 14.0. The van der Waals surface area contributed by atoms with Crippen molar-refractivity contribution in [1.82, 2.24) is 15.3 Å². The third-order valence-electron chi connectivity index (χ3n) is 6.49. The Morgan fingerprint density at radius 3 is 2.88 bits per heavy atom. The fourth-order valence-electron chi connectivity index (χ4n) is 4.75. The van der Waals surface area contributed by atoms with Crippen molar-refractivity contribution < 1.29 is 9.18 Å². The molecule has 0 aliphatic heterocycles. The summed E-state index contributed by atoms with van der Waals surface area (Å²) in [6.45, 7) is 6.89. The van der Waals surface area contributed by atoms with Crippen LogP contribution < -0.4 is 5.32 Å². The fraction of sp³-hybridized carbons (Fsp3) is 0.556. The lowest BCUT2D eigenvalue weighted by atomic mass is 9.45. The predicted molar refractivity (Wildman–Crippen MR) is 91.5 cm³/mol. The molecule has 24 heavy (non-hydrogen) atoms. The van der Waals surface area contributed by atoms with E-state index in [4.69, 9.17) is 11.6 Å². The van der Waals surface area contributed by atoms with Gasteiger partial charge >= 0.3 is 0 Å². The number of carbonyl (C=O) groups excluding carboxylic acids is 1. The average Bonchev–Trinajstić information content (AvgIpc) is 2.97. The van der Waals surface area contributed by atoms with Gasteiger partial charge in [0.05, 0.1) is 11.7 Å². The Labute approximate surface area is 145 Å². The number of carbonyl (C=O) groups is 1. The Hall–Kier alpha value is -1.62. The molecule has 3 aliphatic rings. The van der Waals surface area contributed by atoms with Gasteiger partial charge in [0.1, 0.15) is 5.69 Å². The topological polar surface area (TPSA) is 57.8 Å². The van der Waals surface area contributed by atoms with E-state index < -0.39 is 5.82 Å². The van der Waals surface area contributed by atoms with Crippen LogP contribution in [-0.4, -0.2) is 21.9 Å². The number of hydrogen-bond donors (Lipinski definition) is 2. The molecular formula is C18H21ClFN3O. The highest BCUT2D eigenvalue weighted by molar-refractivity contribution is 6.30. The molecule has 6 heteroatoms. The van der Waals surface area contributed by atoms with E-state index in [0.717, 1.165) is 6.42 Å². The van der Waals surface area contributed by atoms with Crippen LogP contribution in [0.3, 0.4) is 0 Å². The third-order valence-corrected chi connectivity index (χ3v) is 6.75. The van der Waals surface area contributed by atoms with Crippen LogP contribution in [0, 0.1) is 29.0 Å². The maximum Gasteiger partial charge on any atom is 0.267 e. The molecule has 3 aliphatic carbocycles. The number of aromatic nitrogens is 2. The monoisotopic (exact) mass is 349 g/mol. The second-order valence-electron chi connectivity index (χ2n) is 7.91. The zero-order valence-corrected chi connectivity index (χ0v) is 14.7. The van der Waals surface area contributed by atoms with Crippen molar-refractivity contribution >= 4 is 28.4 Å². The molecule has 2 bridgehead atoms. The summed E-state index contributed by atoms with van der Waals surface area (Å²) < 4.78 is 14.0. The van der Waals surface area contributed by atoms with Gasteiger partial charge in [-0.25, -0.2) is 9.37 Å². The third kappa shape index (κ3) is 2.17. The minimum absolute atomic E-state index is 0.173. The van der Waals surface area contributed by atoms with Crippen molar-refractivity contribution in [3.8, 4) is 0 Å². The fourth-order valence-corrected chi connectivity index (χ4v) is 4.90. The van der Waals surface area contributed by atoms with Crippen molar-refractivity contribution in [2.75, 3.05) is 0 Å². The lowest BCUT2D eigenvalue weighted by Crippen LogP contribution is -2.60. The molecule has 0 spiro atoms. The number of amides is 1. The van der Waals surface area contributed by atoms with E-state index in [1.165, 1.54) is 18.7 Å². The SMILES string of the molecule is C[C@@H]1[C@@H](NC(=O)c2cc3c(F)c(Cl)ncc3[nH]2)C[C@H]2C[C@@H]1C2(C)C. The van der Waals surface area contributed by atoms with Crippen LogP contribution in [0.4, 0.5) is 4.39 Å². The average molecular weight is 350 g/mol. The van der Waals surface area contributed by atoms with Gasteiger partial charge in [-0.1, -0.05) is 32.4 Å². The van der Waals surface area contributed by atoms with Crippen LogP contribution in [-0.2, 0) is 0 Å². The van der Waals surface area contributed by atoms with Crippen LogP contribution in [0.15, 0.2) is 12.3 Å². The van der Waals surface area contributed by atoms with Crippen LogP contribution in [0.2, 0.25) is 5.15 Å². The van der Waals surface area contributed by atoms with E-state index in [1.807, 2.05) is 0 Å². The van der Waals surface area contributed by atoms with Gasteiger partial charge in [-0.3, -0.25) is 4.79 Å². The smallest absolute Gasteiger partial charge is 0.267 e. The molecule has 0 aromatic carbocycles. The van der Waals surface area contributed by atoms with Gasteiger partial charge in [0.15, 0.2) is 11.0 Å². The van der Waals surface area contributed by atoms with Crippen LogP contribution in [0.1, 0.15) is 44.1 Å². The first-order valence-corrected chi connectivity index (χ1v) is 8.80. The zero-order valence-electron chi connectivity index (χ0n) is 14.0. The Morgan fingerprint density at radius 2 is 2.21 bits per heavy atom. The van der Waals surface area contributed by atoms with Crippen LogP contribution in [0.25, 0.3) is 10.9 Å². The van der Waals surface area contributed by atoms with Crippen LogP contribution >= 0.6 is 11.6 Å². The molecule has 3 fully saturated rings. The summed E-state index contributed by atoms with van der Waals surface area (Å²) >= 11 is 5.70. The van der Waals surface area contributed by atoms with Gasteiger partial charge in [-0.05, 0) is 42.1 Å². The first-order valence-electron chi connectivity index (χ1n) is 8.42. The first-order chi connectivity index (χ1) is 11.3. The van der Waals surface area contributed by atoms with Crippen LogP contribution in [0.5, 0.6) is 0 Å². The molecule has 5 rings (SSSR count). The van der Waals surface area contributed by atoms with E-state index >= 15 is 0 Å². The first kappa shape index (κ1) is 15.9. The molecular weight excluding hydrogens is 329 g/mol. The molecule has 128 valence electrons. The molecule has 4 nitrogen and oxygen atoms in total. The number of pyridine rings is 1. The summed E-state index contributed by atoms with van der Waals surface area (Å²) in [6.07, 6.45) is 3.72. The number of nitrogens with zero attached hydrogens (tertiary/aromatic N) is 1. The number of rotatable bonds is 2. The number of aromatic amines is 1. The molecule has 2 aromatic heterocycles. The molecule has 2 aromatic rings. The minimum Gasteiger partial charge on any atom is -0.349 e. The Kier molecular flexibility index (Phi) is 3.43. The number of hydrogen-bond acceptors (Lipinski definition) is 2. The largest absolute Gasteiger partial charge is 0.349 e. The van der Waals surface area contributed by atoms with Crippen molar-refractivity contribution in [2.45, 2.75) is 39.7 Å². The highest BCUT2D eigenvalue weighted by atomic mass is 35.5. The molecule has 4 atom stereocenters. The molecule has 0 saturated heterocycles. The van der Waals surface area contributed by atoms with Crippen molar-refractivity contribution in [3.63, 3.8) is 0 Å². The van der Waals surface area contributed by atoms with Gasteiger partial charge in [0, 0.05) is 11.4 Å². The van der Waals surface area contributed by atoms with Gasteiger partial charge in [0.25, 0.3) is 5.91 Å². The normalized spacial score (nSPS) is 30.9. The summed E-state index contributed by atoms with van der Waals surface area (Å²) in [5.74, 6) is 0.985.